The van der Waals surface area contributed by atoms with E-state index in [1.54, 1.807) is 42.5 Å². The highest BCUT2D eigenvalue weighted by atomic mass is 16.5. The Hall–Kier alpha value is -3.33. The van der Waals surface area contributed by atoms with Gasteiger partial charge in [-0.25, -0.2) is 4.79 Å². The molecular formula is C22H18O3. The molecule has 0 unspecified atom stereocenters. The van der Waals surface area contributed by atoms with E-state index in [1.807, 2.05) is 42.5 Å². The van der Waals surface area contributed by atoms with Gasteiger partial charge in [-0.1, -0.05) is 55.1 Å². The molecule has 0 spiro atoms. The maximum Gasteiger partial charge on any atom is 0.343 e. The monoisotopic (exact) mass is 330 g/mol. The van der Waals surface area contributed by atoms with Crippen LogP contribution in [-0.2, 0) is 0 Å². The Morgan fingerprint density at radius 3 is 2.04 bits per heavy atom. The van der Waals surface area contributed by atoms with Crippen molar-refractivity contribution in [3.05, 3.63) is 97.1 Å². The van der Waals surface area contributed by atoms with Crippen LogP contribution in [0.5, 0.6) is 11.5 Å². The molecule has 3 heteroatoms. The smallest absolute Gasteiger partial charge is 0.343 e. The lowest BCUT2D eigenvalue weighted by molar-refractivity contribution is 0.0735. The SMILES string of the molecule is C=CCOc1ccc(C(=O)Oc2ccc(-c3ccccc3)cc2)cc1. The summed E-state index contributed by atoms with van der Waals surface area (Å²) in [6, 6.07) is 24.3. The average Bonchev–Trinajstić information content (AvgIpc) is 2.68. The Morgan fingerprint density at radius 1 is 0.800 bits per heavy atom. The molecule has 0 heterocycles. The minimum atomic E-state index is -0.400. The first kappa shape index (κ1) is 16.5. The lowest BCUT2D eigenvalue weighted by Crippen LogP contribution is -2.08. The van der Waals surface area contributed by atoms with Crippen molar-refractivity contribution in [2.24, 2.45) is 0 Å². The molecule has 0 atom stereocenters. The van der Waals surface area contributed by atoms with Crippen molar-refractivity contribution in [1.29, 1.82) is 0 Å². The van der Waals surface area contributed by atoms with Crippen LogP contribution in [-0.4, -0.2) is 12.6 Å². The van der Waals surface area contributed by atoms with Crippen molar-refractivity contribution in [2.45, 2.75) is 0 Å². The van der Waals surface area contributed by atoms with Gasteiger partial charge in [-0.3, -0.25) is 0 Å². The second-order valence-corrected chi connectivity index (χ2v) is 5.40. The van der Waals surface area contributed by atoms with Crippen LogP contribution in [0, 0.1) is 0 Å². The van der Waals surface area contributed by atoms with Crippen LogP contribution in [0.4, 0.5) is 0 Å². The molecule has 0 bridgehead atoms. The second-order valence-electron chi connectivity index (χ2n) is 5.40. The van der Waals surface area contributed by atoms with E-state index in [2.05, 4.69) is 6.58 Å². The zero-order chi connectivity index (χ0) is 17.5. The van der Waals surface area contributed by atoms with Gasteiger partial charge in [0.2, 0.25) is 0 Å². The van der Waals surface area contributed by atoms with Gasteiger partial charge in [-0.15, -0.1) is 0 Å². The van der Waals surface area contributed by atoms with Crippen LogP contribution in [0.25, 0.3) is 11.1 Å². The second kappa shape index (κ2) is 7.97. The zero-order valence-corrected chi connectivity index (χ0v) is 13.7. The van der Waals surface area contributed by atoms with E-state index in [-0.39, 0.29) is 0 Å². The quantitative estimate of drug-likeness (QED) is 0.357. The van der Waals surface area contributed by atoms with Gasteiger partial charge >= 0.3 is 5.97 Å². The largest absolute Gasteiger partial charge is 0.490 e. The first-order chi connectivity index (χ1) is 12.3. The molecule has 3 aromatic carbocycles. The fraction of sp³-hybridized carbons (Fsp3) is 0.0455. The van der Waals surface area contributed by atoms with Crippen molar-refractivity contribution < 1.29 is 14.3 Å². The molecule has 0 aromatic heterocycles. The summed E-state index contributed by atoms with van der Waals surface area (Å²) in [5, 5.41) is 0. The molecule has 3 nitrogen and oxygen atoms in total. The highest BCUT2D eigenvalue weighted by molar-refractivity contribution is 5.91. The maximum absolute atomic E-state index is 12.2. The number of carbonyl (C=O) groups excluding carboxylic acids is 1. The average molecular weight is 330 g/mol. The first-order valence-corrected chi connectivity index (χ1v) is 7.98. The number of carbonyl (C=O) groups is 1. The molecule has 124 valence electrons. The minimum absolute atomic E-state index is 0.400. The van der Waals surface area contributed by atoms with E-state index < -0.39 is 5.97 Å². The standard InChI is InChI=1S/C22H18O3/c1-2-16-24-20-12-10-19(11-13-20)22(23)25-21-14-8-18(9-15-21)17-6-4-3-5-7-17/h2-15H,1,16H2. The lowest BCUT2D eigenvalue weighted by atomic mass is 10.1. The molecular weight excluding hydrogens is 312 g/mol. The number of esters is 1. The topological polar surface area (TPSA) is 35.5 Å². The third-order valence-electron chi connectivity index (χ3n) is 3.63. The van der Waals surface area contributed by atoms with E-state index in [1.165, 1.54) is 0 Å². The third-order valence-corrected chi connectivity index (χ3v) is 3.63. The highest BCUT2D eigenvalue weighted by Gasteiger charge is 2.09. The summed E-state index contributed by atoms with van der Waals surface area (Å²) < 4.78 is 10.8. The summed E-state index contributed by atoms with van der Waals surface area (Å²) in [4.78, 5) is 12.2. The summed E-state index contributed by atoms with van der Waals surface area (Å²) in [6.45, 7) is 4.02. The number of benzene rings is 3. The molecule has 3 rings (SSSR count). The van der Waals surface area contributed by atoms with E-state index in [4.69, 9.17) is 9.47 Å². The Kier molecular flexibility index (Phi) is 5.27. The van der Waals surface area contributed by atoms with Crippen LogP contribution < -0.4 is 9.47 Å². The number of hydrogen-bond acceptors (Lipinski definition) is 3. The van der Waals surface area contributed by atoms with Gasteiger partial charge in [0.15, 0.2) is 0 Å². The van der Waals surface area contributed by atoms with Gasteiger partial charge in [0.25, 0.3) is 0 Å². The molecule has 0 saturated heterocycles. The van der Waals surface area contributed by atoms with Crippen LogP contribution in [0.3, 0.4) is 0 Å². The van der Waals surface area contributed by atoms with Crippen molar-refractivity contribution >= 4 is 5.97 Å². The molecule has 0 amide bonds. The van der Waals surface area contributed by atoms with Gasteiger partial charge in [0.1, 0.15) is 18.1 Å². The van der Waals surface area contributed by atoms with Gasteiger partial charge < -0.3 is 9.47 Å². The Labute approximate surface area is 147 Å². The fourth-order valence-electron chi connectivity index (χ4n) is 2.35. The van der Waals surface area contributed by atoms with E-state index >= 15 is 0 Å². The summed E-state index contributed by atoms with van der Waals surface area (Å²) in [5.74, 6) is 0.795. The predicted molar refractivity (Wildman–Crippen MR) is 99.0 cm³/mol. The van der Waals surface area contributed by atoms with Gasteiger partial charge in [0, 0.05) is 0 Å². The summed E-state index contributed by atoms with van der Waals surface area (Å²) in [5.41, 5.74) is 2.66. The molecule has 0 radical (unpaired) electrons. The van der Waals surface area contributed by atoms with Crippen LogP contribution in [0.1, 0.15) is 10.4 Å². The fourth-order valence-corrected chi connectivity index (χ4v) is 2.35. The Balaban J connectivity index is 1.65. The summed E-state index contributed by atoms with van der Waals surface area (Å²) in [6.07, 6.45) is 1.67. The molecule has 3 aromatic rings. The van der Waals surface area contributed by atoms with E-state index in [0.29, 0.717) is 23.7 Å². The molecule has 0 N–H and O–H groups in total. The molecule has 0 fully saturated rings. The zero-order valence-electron chi connectivity index (χ0n) is 13.7. The third kappa shape index (κ3) is 4.36. The predicted octanol–water partition coefficient (Wildman–Crippen LogP) is 5.14. The van der Waals surface area contributed by atoms with Crippen LogP contribution in [0.2, 0.25) is 0 Å². The highest BCUT2D eigenvalue weighted by Crippen LogP contribution is 2.23. The molecule has 25 heavy (non-hydrogen) atoms. The molecule has 0 aliphatic carbocycles. The van der Waals surface area contributed by atoms with Crippen molar-refractivity contribution in [3.8, 4) is 22.6 Å². The minimum Gasteiger partial charge on any atom is -0.490 e. The van der Waals surface area contributed by atoms with Gasteiger partial charge in [0.05, 0.1) is 5.56 Å². The van der Waals surface area contributed by atoms with Crippen molar-refractivity contribution in [2.75, 3.05) is 6.61 Å². The Morgan fingerprint density at radius 2 is 1.40 bits per heavy atom. The van der Waals surface area contributed by atoms with Crippen LogP contribution in [0.15, 0.2) is 91.5 Å². The molecule has 0 aliphatic rings. The Bertz CT molecular complexity index is 835. The van der Waals surface area contributed by atoms with Gasteiger partial charge in [-0.05, 0) is 47.5 Å². The molecule has 0 aliphatic heterocycles. The number of hydrogen-bond donors (Lipinski definition) is 0. The van der Waals surface area contributed by atoms with Gasteiger partial charge in [-0.2, -0.15) is 0 Å². The van der Waals surface area contributed by atoms with Crippen LogP contribution >= 0.6 is 0 Å². The van der Waals surface area contributed by atoms with Crippen molar-refractivity contribution in [1.82, 2.24) is 0 Å². The lowest BCUT2D eigenvalue weighted by Gasteiger charge is -2.07. The molecule has 0 saturated carbocycles. The van der Waals surface area contributed by atoms with E-state index in [9.17, 15) is 4.79 Å². The number of ether oxygens (including phenoxy) is 2. The van der Waals surface area contributed by atoms with E-state index in [0.717, 1.165) is 11.1 Å². The first-order valence-electron chi connectivity index (χ1n) is 7.98. The maximum atomic E-state index is 12.2. The summed E-state index contributed by atoms with van der Waals surface area (Å²) in [7, 11) is 0. The number of rotatable bonds is 6. The van der Waals surface area contributed by atoms with Crippen molar-refractivity contribution in [3.63, 3.8) is 0 Å². The normalized spacial score (nSPS) is 10.1. The summed E-state index contributed by atoms with van der Waals surface area (Å²) >= 11 is 0.